The molecule has 1 atom stereocenters. The number of esters is 1. The number of fused-ring (bicyclic) bond motifs is 1. The first-order valence-corrected chi connectivity index (χ1v) is 15.7. The zero-order valence-corrected chi connectivity index (χ0v) is 24.6. The lowest BCUT2D eigenvalue weighted by Gasteiger charge is -2.22. The molecule has 0 aromatic heterocycles. The highest BCUT2D eigenvalue weighted by Gasteiger charge is 2.33. The van der Waals surface area contributed by atoms with E-state index in [0.29, 0.717) is 5.39 Å². The van der Waals surface area contributed by atoms with Crippen LogP contribution in [0.1, 0.15) is 36.5 Å². The van der Waals surface area contributed by atoms with Crippen molar-refractivity contribution in [3.05, 3.63) is 95.6 Å². The summed E-state index contributed by atoms with van der Waals surface area (Å²) in [5.74, 6) is -3.03. The van der Waals surface area contributed by atoms with Gasteiger partial charge in [0, 0.05) is 16.3 Å². The van der Waals surface area contributed by atoms with Crippen LogP contribution in [0.25, 0.3) is 10.8 Å². The molecule has 0 amide bonds. The minimum atomic E-state index is -4.19. The highest BCUT2D eigenvalue weighted by Crippen LogP contribution is 2.40. The molecule has 11 heteroatoms. The second-order valence-corrected chi connectivity index (χ2v) is 12.9. The van der Waals surface area contributed by atoms with Gasteiger partial charge in [0.1, 0.15) is 11.7 Å². The number of ether oxygens (including phenoxy) is 1. The smallest absolute Gasteiger partial charge is 0.321 e. The summed E-state index contributed by atoms with van der Waals surface area (Å²) in [6.07, 6.45) is 0. The van der Waals surface area contributed by atoms with Gasteiger partial charge in [0.2, 0.25) is 0 Å². The summed E-state index contributed by atoms with van der Waals surface area (Å²) in [6, 6.07) is 20.2. The summed E-state index contributed by atoms with van der Waals surface area (Å²) >= 11 is 0. The summed E-state index contributed by atoms with van der Waals surface area (Å²) in [5.41, 5.74) is 1.71. The van der Waals surface area contributed by atoms with Crippen molar-refractivity contribution in [2.45, 2.75) is 43.4 Å². The SMILES string of the molecule is CCOC(=O)[C@@H](C(C)=O)c1cc(NS(=O)(=O)c2ccc(C)cc2)c2ccccc2c1NS(=O)(=O)c1ccc(C)cc1. The highest BCUT2D eigenvalue weighted by atomic mass is 32.2. The van der Waals surface area contributed by atoms with Gasteiger partial charge in [0.25, 0.3) is 20.0 Å². The van der Waals surface area contributed by atoms with Crippen molar-refractivity contribution in [2.75, 3.05) is 16.1 Å². The predicted molar refractivity (Wildman–Crippen MR) is 158 cm³/mol. The van der Waals surface area contributed by atoms with Crippen molar-refractivity contribution in [2.24, 2.45) is 0 Å². The number of aryl methyl sites for hydroxylation is 2. The standard InChI is InChI=1S/C30H30N2O7S2/c1-5-39-30(34)28(21(4)33)26-18-27(31-40(35,36)22-14-10-19(2)11-15-22)24-8-6-7-9-25(24)29(26)32-41(37,38)23-16-12-20(3)13-17-23/h6-18,28,31-32H,5H2,1-4H3/t28-/m0/s1. The van der Waals surface area contributed by atoms with Crippen molar-refractivity contribution in [3.8, 4) is 0 Å². The molecule has 214 valence electrons. The third-order valence-electron chi connectivity index (χ3n) is 6.46. The Morgan fingerprint density at radius 2 is 1.24 bits per heavy atom. The van der Waals surface area contributed by atoms with Crippen LogP contribution in [0.2, 0.25) is 0 Å². The third-order valence-corrected chi connectivity index (χ3v) is 9.21. The maximum atomic E-state index is 13.5. The zero-order valence-electron chi connectivity index (χ0n) is 23.0. The van der Waals surface area contributed by atoms with Gasteiger partial charge < -0.3 is 4.74 Å². The van der Waals surface area contributed by atoms with E-state index in [-0.39, 0.29) is 38.7 Å². The van der Waals surface area contributed by atoms with Gasteiger partial charge in [-0.2, -0.15) is 0 Å². The van der Waals surface area contributed by atoms with Gasteiger partial charge in [-0.3, -0.25) is 19.0 Å². The number of benzene rings is 4. The lowest BCUT2D eigenvalue weighted by Crippen LogP contribution is -2.25. The van der Waals surface area contributed by atoms with Gasteiger partial charge in [0.15, 0.2) is 0 Å². The fourth-order valence-electron chi connectivity index (χ4n) is 4.39. The molecule has 0 aliphatic rings. The summed E-state index contributed by atoms with van der Waals surface area (Å²) in [6.45, 7) is 6.40. The number of carbonyl (C=O) groups is 2. The van der Waals surface area contributed by atoms with Crippen molar-refractivity contribution < 1.29 is 31.2 Å². The highest BCUT2D eigenvalue weighted by molar-refractivity contribution is 7.93. The quantitative estimate of drug-likeness (QED) is 0.188. The molecule has 4 aromatic carbocycles. The molecule has 0 heterocycles. The molecule has 0 saturated carbocycles. The maximum absolute atomic E-state index is 13.5. The van der Waals surface area contributed by atoms with Gasteiger partial charge in [0.05, 0.1) is 27.8 Å². The molecule has 2 N–H and O–H groups in total. The lowest BCUT2D eigenvalue weighted by molar-refractivity contribution is -0.147. The van der Waals surface area contributed by atoms with Crippen LogP contribution in [0, 0.1) is 13.8 Å². The summed E-state index contributed by atoms with van der Waals surface area (Å²) in [7, 11) is -8.29. The summed E-state index contributed by atoms with van der Waals surface area (Å²) in [5, 5.41) is 0.623. The molecular formula is C30H30N2O7S2. The van der Waals surface area contributed by atoms with Crippen LogP contribution in [-0.2, 0) is 34.4 Å². The Morgan fingerprint density at radius 3 is 1.73 bits per heavy atom. The first-order valence-electron chi connectivity index (χ1n) is 12.8. The number of Topliss-reactive ketones (excluding diaryl/α,β-unsaturated/α-hetero) is 1. The molecule has 0 radical (unpaired) electrons. The zero-order chi connectivity index (χ0) is 29.9. The van der Waals surface area contributed by atoms with E-state index in [1.165, 1.54) is 37.3 Å². The van der Waals surface area contributed by atoms with E-state index < -0.39 is 37.7 Å². The molecule has 41 heavy (non-hydrogen) atoms. The number of nitrogens with one attached hydrogen (secondary N) is 2. The molecule has 0 saturated heterocycles. The van der Waals surface area contributed by atoms with E-state index in [2.05, 4.69) is 9.44 Å². The van der Waals surface area contributed by atoms with Crippen molar-refractivity contribution in [1.29, 1.82) is 0 Å². The Balaban J connectivity index is 1.98. The normalized spacial score (nSPS) is 12.5. The Morgan fingerprint density at radius 1 is 0.756 bits per heavy atom. The average Bonchev–Trinajstić information content (AvgIpc) is 2.91. The molecule has 0 aliphatic heterocycles. The maximum Gasteiger partial charge on any atom is 0.321 e. The number of sulfonamides is 2. The number of hydrogen-bond acceptors (Lipinski definition) is 7. The summed E-state index contributed by atoms with van der Waals surface area (Å²) in [4.78, 5) is 25.9. The van der Waals surface area contributed by atoms with Crippen LogP contribution in [0.4, 0.5) is 11.4 Å². The van der Waals surface area contributed by atoms with Crippen LogP contribution in [0.15, 0.2) is 88.7 Å². The Kier molecular flexibility index (Phi) is 8.50. The Bertz CT molecular complexity index is 1830. The molecule has 0 fully saturated rings. The fraction of sp³-hybridized carbons (Fsp3) is 0.200. The summed E-state index contributed by atoms with van der Waals surface area (Å²) < 4.78 is 64.0. The van der Waals surface area contributed by atoms with E-state index >= 15 is 0 Å². The molecule has 0 spiro atoms. The molecule has 0 bridgehead atoms. The fourth-order valence-corrected chi connectivity index (χ4v) is 6.57. The van der Waals surface area contributed by atoms with Crippen molar-refractivity contribution in [1.82, 2.24) is 0 Å². The number of hydrogen-bond donors (Lipinski definition) is 2. The molecule has 9 nitrogen and oxygen atoms in total. The number of ketones is 1. The van der Waals surface area contributed by atoms with Crippen LogP contribution in [-0.4, -0.2) is 35.2 Å². The number of rotatable bonds is 10. The second-order valence-electron chi connectivity index (χ2n) is 9.57. The Hall–Kier alpha value is -4.22. The molecule has 4 rings (SSSR count). The van der Waals surface area contributed by atoms with E-state index in [4.69, 9.17) is 4.74 Å². The monoisotopic (exact) mass is 594 g/mol. The Labute approximate surface area is 239 Å². The molecule has 0 unspecified atom stereocenters. The van der Waals surface area contributed by atoms with Gasteiger partial charge in [-0.05, 0) is 58.0 Å². The van der Waals surface area contributed by atoms with Crippen molar-refractivity contribution >= 4 is 53.9 Å². The molecule has 4 aromatic rings. The lowest BCUT2D eigenvalue weighted by atomic mass is 9.90. The minimum Gasteiger partial charge on any atom is -0.465 e. The largest absolute Gasteiger partial charge is 0.465 e. The van der Waals surface area contributed by atoms with E-state index in [0.717, 1.165) is 11.1 Å². The van der Waals surface area contributed by atoms with Gasteiger partial charge >= 0.3 is 5.97 Å². The van der Waals surface area contributed by atoms with Crippen molar-refractivity contribution in [3.63, 3.8) is 0 Å². The van der Waals surface area contributed by atoms with Gasteiger partial charge in [-0.15, -0.1) is 0 Å². The van der Waals surface area contributed by atoms with Crippen LogP contribution in [0.3, 0.4) is 0 Å². The number of carbonyl (C=O) groups excluding carboxylic acids is 2. The number of anilines is 2. The van der Waals surface area contributed by atoms with Crippen LogP contribution in [0.5, 0.6) is 0 Å². The average molecular weight is 595 g/mol. The molecule has 0 aliphatic carbocycles. The topological polar surface area (TPSA) is 136 Å². The first-order chi connectivity index (χ1) is 19.3. The van der Waals surface area contributed by atoms with Gasteiger partial charge in [-0.1, -0.05) is 59.7 Å². The predicted octanol–water partition coefficient (Wildman–Crippen LogP) is 5.29. The van der Waals surface area contributed by atoms with Gasteiger partial charge in [-0.25, -0.2) is 16.8 Å². The third kappa shape index (κ3) is 6.41. The van der Waals surface area contributed by atoms with Crippen LogP contribution >= 0.6 is 0 Å². The first kappa shape index (κ1) is 29.8. The second kappa shape index (κ2) is 11.7. The van der Waals surface area contributed by atoms with Crippen LogP contribution < -0.4 is 9.44 Å². The minimum absolute atomic E-state index is 0.00592. The van der Waals surface area contributed by atoms with E-state index in [1.54, 1.807) is 55.5 Å². The van der Waals surface area contributed by atoms with E-state index in [9.17, 15) is 26.4 Å². The van der Waals surface area contributed by atoms with E-state index in [1.807, 2.05) is 13.8 Å². The molecular weight excluding hydrogens is 564 g/mol.